The molecule has 8 nitrogen and oxygen atoms in total. The van der Waals surface area contributed by atoms with Crippen LogP contribution in [0.4, 0.5) is 5.95 Å². The molecule has 1 aliphatic rings. The largest absolute Gasteiger partial charge is 0.497 e. The van der Waals surface area contributed by atoms with Gasteiger partial charge in [0, 0.05) is 29.6 Å². The molecule has 4 aromatic rings. The highest BCUT2D eigenvalue weighted by Crippen LogP contribution is 2.31. The fourth-order valence-corrected chi connectivity index (χ4v) is 4.38. The van der Waals surface area contributed by atoms with Crippen LogP contribution < -0.4 is 14.8 Å². The van der Waals surface area contributed by atoms with E-state index in [0.717, 1.165) is 35.4 Å². The lowest BCUT2D eigenvalue weighted by Crippen LogP contribution is -2.39. The molecule has 200 valence electrons. The lowest BCUT2D eigenvalue weighted by molar-refractivity contribution is -0.117. The Morgan fingerprint density at radius 3 is 2.36 bits per heavy atom. The van der Waals surface area contributed by atoms with Crippen LogP contribution in [0.2, 0.25) is 0 Å². The topological polar surface area (TPSA) is 85.7 Å². The van der Waals surface area contributed by atoms with Crippen LogP contribution in [0.3, 0.4) is 0 Å². The van der Waals surface area contributed by atoms with Gasteiger partial charge in [-0.05, 0) is 74.2 Å². The van der Waals surface area contributed by atoms with Crippen LogP contribution in [0, 0.1) is 12.8 Å². The molecule has 1 aliphatic carbocycles. The second kappa shape index (κ2) is 11.4. The normalized spacial score (nSPS) is 12.6. The fourth-order valence-electron chi connectivity index (χ4n) is 4.38. The van der Waals surface area contributed by atoms with Gasteiger partial charge in [-0.25, -0.2) is 4.98 Å². The van der Waals surface area contributed by atoms with Crippen LogP contribution in [0.5, 0.6) is 11.5 Å². The molecule has 0 unspecified atom stereocenters. The lowest BCUT2D eigenvalue weighted by Gasteiger charge is -2.22. The second-order valence-electron chi connectivity index (χ2n) is 9.79. The van der Waals surface area contributed by atoms with Crippen LogP contribution in [-0.2, 0) is 4.79 Å². The number of amides is 2. The maximum absolute atomic E-state index is 13.3. The van der Waals surface area contributed by atoms with Gasteiger partial charge < -0.3 is 14.4 Å². The van der Waals surface area contributed by atoms with E-state index in [-0.39, 0.29) is 18.4 Å². The Labute approximate surface area is 228 Å². The first-order valence-electron chi connectivity index (χ1n) is 13.0. The number of anilines is 1. The second-order valence-corrected chi connectivity index (χ2v) is 9.79. The molecular formula is C31H32N4O4. The minimum atomic E-state index is -0.311. The lowest BCUT2D eigenvalue weighted by atomic mass is 10.1. The molecule has 1 N–H and O–H groups in total. The van der Waals surface area contributed by atoms with Crippen molar-refractivity contribution in [2.75, 3.05) is 32.6 Å². The summed E-state index contributed by atoms with van der Waals surface area (Å²) < 4.78 is 12.5. The zero-order chi connectivity index (χ0) is 27.4. The van der Waals surface area contributed by atoms with E-state index in [2.05, 4.69) is 5.32 Å². The van der Waals surface area contributed by atoms with Gasteiger partial charge in [-0.15, -0.1) is 0 Å². The van der Waals surface area contributed by atoms with Crippen molar-refractivity contribution >= 4 is 17.8 Å². The van der Waals surface area contributed by atoms with E-state index in [1.54, 1.807) is 19.1 Å². The highest BCUT2D eigenvalue weighted by atomic mass is 16.5. The third-order valence-corrected chi connectivity index (χ3v) is 6.77. The Morgan fingerprint density at radius 1 is 0.974 bits per heavy atom. The van der Waals surface area contributed by atoms with Crippen molar-refractivity contribution in [2.24, 2.45) is 5.92 Å². The monoisotopic (exact) mass is 524 g/mol. The number of aryl methyl sites for hydroxylation is 1. The molecule has 0 radical (unpaired) electrons. The van der Waals surface area contributed by atoms with Crippen LogP contribution in [0.15, 0.2) is 79.0 Å². The number of carbonyl (C=O) groups excluding carboxylic acids is 2. The molecule has 3 aromatic carbocycles. The molecular weight excluding hydrogens is 492 g/mol. The summed E-state index contributed by atoms with van der Waals surface area (Å²) in [4.78, 5) is 33.0. The van der Waals surface area contributed by atoms with Crippen molar-refractivity contribution in [1.82, 2.24) is 14.5 Å². The third-order valence-electron chi connectivity index (χ3n) is 6.77. The summed E-state index contributed by atoms with van der Waals surface area (Å²) >= 11 is 0. The minimum Gasteiger partial charge on any atom is -0.497 e. The predicted molar refractivity (Wildman–Crippen MR) is 151 cm³/mol. The quantitative estimate of drug-likeness (QED) is 0.302. The number of nitrogens with one attached hydrogen (secondary N) is 1. The van der Waals surface area contributed by atoms with Crippen LogP contribution in [-0.4, -0.2) is 53.6 Å². The Morgan fingerprint density at radius 2 is 1.69 bits per heavy atom. The summed E-state index contributed by atoms with van der Waals surface area (Å²) in [7, 11) is 3.23. The van der Waals surface area contributed by atoms with Crippen molar-refractivity contribution in [1.29, 1.82) is 0 Å². The van der Waals surface area contributed by atoms with Crippen molar-refractivity contribution < 1.29 is 19.1 Å². The van der Waals surface area contributed by atoms with Gasteiger partial charge >= 0.3 is 0 Å². The molecule has 1 heterocycles. The highest BCUT2D eigenvalue weighted by Gasteiger charge is 2.29. The molecule has 1 aromatic heterocycles. The van der Waals surface area contributed by atoms with Crippen molar-refractivity contribution in [3.8, 4) is 28.4 Å². The molecule has 0 saturated heterocycles. The Bertz CT molecular complexity index is 1460. The number of nitrogens with zero attached hydrogens (tertiary/aromatic N) is 3. The van der Waals surface area contributed by atoms with Gasteiger partial charge in [0.1, 0.15) is 18.0 Å². The zero-order valence-electron chi connectivity index (χ0n) is 22.4. The number of rotatable bonds is 10. The first-order chi connectivity index (χ1) is 18.9. The van der Waals surface area contributed by atoms with Gasteiger partial charge in [0.15, 0.2) is 0 Å². The summed E-state index contributed by atoms with van der Waals surface area (Å²) in [6.07, 6.45) is 4.02. The number of hydrogen-bond acceptors (Lipinski definition) is 5. The molecule has 2 amide bonds. The van der Waals surface area contributed by atoms with E-state index in [1.165, 1.54) is 0 Å². The molecule has 1 fully saturated rings. The predicted octanol–water partition coefficient (Wildman–Crippen LogP) is 5.36. The smallest absolute Gasteiger partial charge is 0.254 e. The molecule has 39 heavy (non-hydrogen) atoms. The summed E-state index contributed by atoms with van der Waals surface area (Å²) in [6.45, 7) is 2.48. The number of hydrogen-bond donors (Lipinski definition) is 1. The number of benzene rings is 3. The van der Waals surface area contributed by atoms with E-state index in [1.807, 2.05) is 90.5 Å². The van der Waals surface area contributed by atoms with Crippen molar-refractivity contribution in [2.45, 2.75) is 19.8 Å². The van der Waals surface area contributed by atoms with Crippen molar-refractivity contribution in [3.63, 3.8) is 0 Å². The minimum absolute atomic E-state index is 0.0623. The third kappa shape index (κ3) is 6.29. The number of ether oxygens (including phenoxy) is 2. The summed E-state index contributed by atoms with van der Waals surface area (Å²) in [5.74, 6) is 1.77. The van der Waals surface area contributed by atoms with E-state index in [0.29, 0.717) is 35.4 Å². The van der Waals surface area contributed by atoms with Gasteiger partial charge in [0.25, 0.3) is 5.91 Å². The maximum atomic E-state index is 13.3. The van der Waals surface area contributed by atoms with E-state index >= 15 is 0 Å². The first kappa shape index (κ1) is 26.0. The molecule has 8 heteroatoms. The van der Waals surface area contributed by atoms with Gasteiger partial charge in [-0.3, -0.25) is 19.5 Å². The van der Waals surface area contributed by atoms with Gasteiger partial charge in [-0.1, -0.05) is 29.8 Å². The van der Waals surface area contributed by atoms with Crippen molar-refractivity contribution in [3.05, 3.63) is 90.1 Å². The Hall–Kier alpha value is -4.59. The maximum Gasteiger partial charge on any atom is 0.254 e. The van der Waals surface area contributed by atoms with Crippen LogP contribution >= 0.6 is 0 Å². The first-order valence-corrected chi connectivity index (χ1v) is 13.0. The van der Waals surface area contributed by atoms with Crippen LogP contribution in [0.1, 0.15) is 28.8 Å². The summed E-state index contributed by atoms with van der Waals surface area (Å²) in [6, 6.07) is 22.5. The standard InChI is InChI=1S/C31H32N4O4/c1-21-7-11-23(12-8-21)30(37)34(18-22-9-10-22)20-29(36)33-31-32-28(24-5-4-6-27(17-24)39-3)19-35(31)25-13-15-26(38-2)16-14-25/h4-8,11-17,19,22H,9-10,18,20H2,1-3H3,(H,32,33,36). The number of carbonyl (C=O) groups is 2. The average Bonchev–Trinajstić information content (AvgIpc) is 3.69. The summed E-state index contributed by atoms with van der Waals surface area (Å²) in [5.41, 5.74) is 3.98. The molecule has 0 spiro atoms. The average molecular weight is 525 g/mol. The van der Waals surface area contributed by atoms with E-state index < -0.39 is 0 Å². The fraction of sp³-hybridized carbons (Fsp3) is 0.258. The molecule has 5 rings (SSSR count). The SMILES string of the molecule is COc1ccc(-n2cc(-c3cccc(OC)c3)nc2NC(=O)CN(CC2CC2)C(=O)c2ccc(C)cc2)cc1. The number of imidazole rings is 1. The highest BCUT2D eigenvalue weighted by molar-refractivity contribution is 5.99. The zero-order valence-corrected chi connectivity index (χ0v) is 22.4. The summed E-state index contributed by atoms with van der Waals surface area (Å²) in [5, 5.41) is 2.95. The van der Waals surface area contributed by atoms with E-state index in [4.69, 9.17) is 14.5 Å². The van der Waals surface area contributed by atoms with Gasteiger partial charge in [-0.2, -0.15) is 0 Å². The Kier molecular flexibility index (Phi) is 7.63. The number of methoxy groups -OCH3 is 2. The molecule has 1 saturated carbocycles. The van der Waals surface area contributed by atoms with Gasteiger partial charge in [0.05, 0.1) is 19.9 Å². The molecule has 0 atom stereocenters. The van der Waals surface area contributed by atoms with Gasteiger partial charge in [0.2, 0.25) is 11.9 Å². The molecule has 0 aliphatic heterocycles. The Balaban J connectivity index is 1.42. The van der Waals surface area contributed by atoms with E-state index in [9.17, 15) is 9.59 Å². The molecule has 0 bridgehead atoms. The number of aromatic nitrogens is 2. The van der Waals surface area contributed by atoms with Crippen LogP contribution in [0.25, 0.3) is 16.9 Å².